The smallest absolute Gasteiger partial charge is 0.312 e. The molecule has 0 spiro atoms. The van der Waals surface area contributed by atoms with Crippen LogP contribution in [-0.2, 0) is 13.6 Å². The van der Waals surface area contributed by atoms with Crippen LogP contribution in [0.5, 0.6) is 0 Å². The molecule has 0 aromatic rings. The number of hydrogen-bond donors (Lipinski definition) is 0. The van der Waals surface area contributed by atoms with E-state index >= 15 is 0 Å². The van der Waals surface area contributed by atoms with E-state index < -0.39 is 7.60 Å². The molecule has 3 nitrogen and oxygen atoms in total. The molecule has 1 atom stereocenters. The molecule has 0 rings (SSSR count). The predicted octanol–water partition coefficient (Wildman–Crippen LogP) is 4.61. The molecule has 1 unspecified atom stereocenters. The molecular weight excluding hydrogens is 223 g/mol. The van der Waals surface area contributed by atoms with E-state index in [0.29, 0.717) is 0 Å². The van der Waals surface area contributed by atoms with Crippen LogP contribution in [-0.4, -0.2) is 19.9 Å². The second-order valence-corrected chi connectivity index (χ2v) is 7.00. The fourth-order valence-electron chi connectivity index (χ4n) is 1.81. The van der Waals surface area contributed by atoms with Gasteiger partial charge in [-0.3, -0.25) is 4.57 Å². The van der Waals surface area contributed by atoms with Crippen molar-refractivity contribution in [1.82, 2.24) is 0 Å². The summed E-state index contributed by atoms with van der Waals surface area (Å²) in [5.74, 6) is 0. The van der Waals surface area contributed by atoms with E-state index in [2.05, 4.69) is 6.92 Å². The molecule has 4 heteroatoms. The van der Waals surface area contributed by atoms with Gasteiger partial charge in [-0.2, -0.15) is 0 Å². The van der Waals surface area contributed by atoms with Crippen LogP contribution in [0, 0.1) is 0 Å². The molecule has 0 aliphatic rings. The van der Waals surface area contributed by atoms with Gasteiger partial charge in [0, 0.05) is 14.2 Å². The van der Waals surface area contributed by atoms with Crippen LogP contribution in [0.25, 0.3) is 0 Å². The number of unbranched alkanes of at least 4 members (excludes halogenated alkanes) is 5. The molecule has 0 aliphatic carbocycles. The van der Waals surface area contributed by atoms with Crippen LogP contribution < -0.4 is 0 Å². The van der Waals surface area contributed by atoms with Gasteiger partial charge in [0.05, 0.1) is 5.66 Å². The van der Waals surface area contributed by atoms with Crippen molar-refractivity contribution in [2.45, 2.75) is 64.5 Å². The van der Waals surface area contributed by atoms with Gasteiger partial charge >= 0.3 is 7.60 Å². The lowest BCUT2D eigenvalue weighted by atomic mass is 10.1. The largest absolute Gasteiger partial charge is 0.332 e. The monoisotopic (exact) mass is 250 g/mol. The highest BCUT2D eigenvalue weighted by Gasteiger charge is 2.29. The quantitative estimate of drug-likeness (QED) is 0.419. The van der Waals surface area contributed by atoms with Gasteiger partial charge in [-0.15, -0.1) is 0 Å². The Hall–Kier alpha value is 0.150. The molecule has 0 aliphatic heterocycles. The molecule has 0 saturated carbocycles. The van der Waals surface area contributed by atoms with Crippen LogP contribution in [0.1, 0.15) is 58.8 Å². The van der Waals surface area contributed by atoms with E-state index in [1.165, 1.54) is 46.3 Å². The van der Waals surface area contributed by atoms with Gasteiger partial charge < -0.3 is 9.05 Å². The molecule has 0 radical (unpaired) electrons. The number of rotatable bonds is 10. The van der Waals surface area contributed by atoms with Gasteiger partial charge in [-0.05, 0) is 6.42 Å². The van der Waals surface area contributed by atoms with Crippen molar-refractivity contribution >= 4 is 7.60 Å². The minimum absolute atomic E-state index is 0.00803. The first kappa shape index (κ1) is 16.1. The Morgan fingerprint density at radius 1 is 1.00 bits per heavy atom. The van der Waals surface area contributed by atoms with Crippen LogP contribution in [0.2, 0.25) is 0 Å². The second kappa shape index (κ2) is 9.21. The van der Waals surface area contributed by atoms with Crippen molar-refractivity contribution in [2.75, 3.05) is 14.2 Å². The van der Waals surface area contributed by atoms with Crippen LogP contribution >= 0.6 is 7.60 Å². The Morgan fingerprint density at radius 2 is 1.50 bits per heavy atom. The summed E-state index contributed by atoms with van der Waals surface area (Å²) in [5, 5.41) is 0. The minimum Gasteiger partial charge on any atom is -0.312 e. The third-order valence-electron chi connectivity index (χ3n) is 3.02. The molecule has 98 valence electrons. The van der Waals surface area contributed by atoms with Gasteiger partial charge in [0.1, 0.15) is 0 Å². The Labute approximate surface area is 100 Å². The van der Waals surface area contributed by atoms with E-state index in [4.69, 9.17) is 9.05 Å². The second-order valence-electron chi connectivity index (χ2n) is 4.31. The van der Waals surface area contributed by atoms with Gasteiger partial charge in [0.15, 0.2) is 0 Å². The molecular formula is C12H27O3P. The Bertz CT molecular complexity index is 198. The average molecular weight is 250 g/mol. The molecule has 0 N–H and O–H groups in total. The molecule has 0 aromatic carbocycles. The fourth-order valence-corrected chi connectivity index (χ4v) is 3.18. The van der Waals surface area contributed by atoms with E-state index in [-0.39, 0.29) is 5.66 Å². The summed E-state index contributed by atoms with van der Waals surface area (Å²) in [6.45, 7) is 4.16. The highest BCUT2D eigenvalue weighted by molar-refractivity contribution is 7.54. The zero-order valence-electron chi connectivity index (χ0n) is 11.2. The Kier molecular flexibility index (Phi) is 9.29. The summed E-state index contributed by atoms with van der Waals surface area (Å²) in [6.07, 6.45) is 8.45. The zero-order chi connectivity index (χ0) is 12.4. The van der Waals surface area contributed by atoms with Gasteiger partial charge in [0.2, 0.25) is 0 Å². The van der Waals surface area contributed by atoms with Crippen LogP contribution in [0.15, 0.2) is 0 Å². The maximum atomic E-state index is 12.0. The SMILES string of the molecule is CCCCCCCCC(C)P(=O)(OC)OC. The van der Waals surface area contributed by atoms with Gasteiger partial charge in [-0.25, -0.2) is 0 Å². The standard InChI is InChI=1S/C12H27O3P/c1-5-6-7-8-9-10-11-12(2)16(13,14-3)15-4/h12H,5-11H2,1-4H3. The molecule has 0 fully saturated rings. The summed E-state index contributed by atoms with van der Waals surface area (Å²) in [5.41, 5.74) is 0.00803. The summed E-state index contributed by atoms with van der Waals surface area (Å²) in [6, 6.07) is 0. The Balaban J connectivity index is 3.64. The van der Waals surface area contributed by atoms with Gasteiger partial charge in [-0.1, -0.05) is 52.4 Å². The normalized spacial score (nSPS) is 14.0. The summed E-state index contributed by atoms with van der Waals surface area (Å²) < 4.78 is 21.9. The van der Waals surface area contributed by atoms with Gasteiger partial charge in [0.25, 0.3) is 0 Å². The van der Waals surface area contributed by atoms with Crippen molar-refractivity contribution < 1.29 is 13.6 Å². The maximum absolute atomic E-state index is 12.0. The van der Waals surface area contributed by atoms with Crippen molar-refractivity contribution in [1.29, 1.82) is 0 Å². The molecule has 16 heavy (non-hydrogen) atoms. The summed E-state index contributed by atoms with van der Waals surface area (Å²) in [7, 11) is 0.0871. The summed E-state index contributed by atoms with van der Waals surface area (Å²) in [4.78, 5) is 0. The topological polar surface area (TPSA) is 35.5 Å². The molecule has 0 heterocycles. The first-order chi connectivity index (χ1) is 7.60. The lowest BCUT2D eigenvalue weighted by Crippen LogP contribution is -2.06. The van der Waals surface area contributed by atoms with Crippen molar-refractivity contribution in [3.63, 3.8) is 0 Å². The molecule has 0 saturated heterocycles. The maximum Gasteiger partial charge on any atom is 0.332 e. The van der Waals surface area contributed by atoms with E-state index in [1.54, 1.807) is 0 Å². The third kappa shape index (κ3) is 6.03. The van der Waals surface area contributed by atoms with E-state index in [1.807, 2.05) is 6.92 Å². The zero-order valence-corrected chi connectivity index (χ0v) is 12.1. The lowest BCUT2D eigenvalue weighted by molar-refractivity contribution is 0.265. The van der Waals surface area contributed by atoms with Crippen molar-refractivity contribution in [2.24, 2.45) is 0 Å². The van der Waals surface area contributed by atoms with E-state index in [9.17, 15) is 4.57 Å². The van der Waals surface area contributed by atoms with Crippen LogP contribution in [0.3, 0.4) is 0 Å². The third-order valence-corrected chi connectivity index (χ3v) is 5.38. The highest BCUT2D eigenvalue weighted by Crippen LogP contribution is 2.52. The number of hydrogen-bond acceptors (Lipinski definition) is 3. The average Bonchev–Trinajstić information content (AvgIpc) is 2.32. The van der Waals surface area contributed by atoms with Crippen molar-refractivity contribution in [3.05, 3.63) is 0 Å². The first-order valence-electron chi connectivity index (χ1n) is 6.32. The highest BCUT2D eigenvalue weighted by atomic mass is 31.2. The van der Waals surface area contributed by atoms with Crippen LogP contribution in [0.4, 0.5) is 0 Å². The summed E-state index contributed by atoms with van der Waals surface area (Å²) >= 11 is 0. The predicted molar refractivity (Wildman–Crippen MR) is 69.1 cm³/mol. The molecule has 0 bridgehead atoms. The first-order valence-corrected chi connectivity index (χ1v) is 7.93. The van der Waals surface area contributed by atoms with E-state index in [0.717, 1.165) is 12.8 Å². The molecule has 0 amide bonds. The lowest BCUT2D eigenvalue weighted by Gasteiger charge is -2.20. The Morgan fingerprint density at radius 3 is 2.00 bits per heavy atom. The minimum atomic E-state index is -2.83. The van der Waals surface area contributed by atoms with Crippen molar-refractivity contribution in [3.8, 4) is 0 Å². The fraction of sp³-hybridized carbons (Fsp3) is 1.00. The molecule has 0 aromatic heterocycles.